The second-order valence-corrected chi connectivity index (χ2v) is 4.09. The van der Waals surface area contributed by atoms with Crippen molar-refractivity contribution < 1.29 is 4.79 Å². The van der Waals surface area contributed by atoms with Gasteiger partial charge in [-0.25, -0.2) is 4.98 Å². The summed E-state index contributed by atoms with van der Waals surface area (Å²) in [6, 6.07) is 3.30. The minimum absolute atomic E-state index is 0.111. The van der Waals surface area contributed by atoms with E-state index >= 15 is 0 Å². The number of nitriles is 1. The summed E-state index contributed by atoms with van der Waals surface area (Å²) in [4.78, 5) is 17.3. The van der Waals surface area contributed by atoms with Crippen LogP contribution in [0.15, 0.2) is 12.3 Å². The van der Waals surface area contributed by atoms with E-state index in [0.29, 0.717) is 5.69 Å². The first-order valence-electron chi connectivity index (χ1n) is 5.02. The molecule has 90 valence electrons. The standard InChI is InChI=1S/C11H13ClN4O/c1-7(3-4-13)16(2)11(17)9-5-8(14)6-15-10(9)12/h5-7H,3,14H2,1-2H3. The highest BCUT2D eigenvalue weighted by atomic mass is 35.5. The van der Waals surface area contributed by atoms with Gasteiger partial charge in [0.2, 0.25) is 0 Å². The Bertz CT molecular complexity index is 469. The Morgan fingerprint density at radius 3 is 3.00 bits per heavy atom. The summed E-state index contributed by atoms with van der Waals surface area (Å²) in [5, 5.41) is 8.70. The van der Waals surface area contributed by atoms with E-state index in [2.05, 4.69) is 4.98 Å². The highest BCUT2D eigenvalue weighted by Gasteiger charge is 2.20. The number of aromatic nitrogens is 1. The van der Waals surface area contributed by atoms with Crippen molar-refractivity contribution in [2.24, 2.45) is 0 Å². The van der Waals surface area contributed by atoms with Crippen LogP contribution in [0.3, 0.4) is 0 Å². The van der Waals surface area contributed by atoms with Gasteiger partial charge in [-0.1, -0.05) is 11.6 Å². The fourth-order valence-corrected chi connectivity index (χ4v) is 1.46. The highest BCUT2D eigenvalue weighted by Crippen LogP contribution is 2.18. The summed E-state index contributed by atoms with van der Waals surface area (Å²) in [7, 11) is 1.61. The number of nitrogens with zero attached hydrogens (tertiary/aromatic N) is 3. The maximum atomic E-state index is 12.1. The number of nitrogen functional groups attached to an aromatic ring is 1. The summed E-state index contributed by atoms with van der Waals surface area (Å²) >= 11 is 5.84. The predicted molar refractivity (Wildman–Crippen MR) is 65.4 cm³/mol. The van der Waals surface area contributed by atoms with Gasteiger partial charge in [-0.3, -0.25) is 4.79 Å². The molecule has 0 saturated heterocycles. The molecule has 1 atom stereocenters. The largest absolute Gasteiger partial charge is 0.397 e. The number of pyridine rings is 1. The molecular weight excluding hydrogens is 240 g/mol. The molecule has 1 unspecified atom stereocenters. The van der Waals surface area contributed by atoms with E-state index in [0.717, 1.165) is 0 Å². The van der Waals surface area contributed by atoms with Gasteiger partial charge in [0.25, 0.3) is 5.91 Å². The molecular formula is C11H13ClN4O. The zero-order chi connectivity index (χ0) is 13.0. The van der Waals surface area contributed by atoms with Crippen molar-refractivity contribution in [1.29, 1.82) is 5.26 Å². The minimum atomic E-state index is -0.294. The minimum Gasteiger partial charge on any atom is -0.397 e. The Morgan fingerprint density at radius 1 is 1.76 bits per heavy atom. The van der Waals surface area contributed by atoms with Gasteiger partial charge in [-0.2, -0.15) is 5.26 Å². The molecule has 1 aromatic heterocycles. The van der Waals surface area contributed by atoms with Crippen LogP contribution in [-0.4, -0.2) is 28.9 Å². The summed E-state index contributed by atoms with van der Waals surface area (Å²) in [6.07, 6.45) is 1.65. The van der Waals surface area contributed by atoms with Gasteiger partial charge in [-0.15, -0.1) is 0 Å². The zero-order valence-electron chi connectivity index (χ0n) is 9.64. The fraction of sp³-hybridized carbons (Fsp3) is 0.364. The lowest BCUT2D eigenvalue weighted by Crippen LogP contribution is -2.35. The summed E-state index contributed by atoms with van der Waals surface area (Å²) in [5.41, 5.74) is 6.18. The first-order valence-corrected chi connectivity index (χ1v) is 5.40. The summed E-state index contributed by atoms with van der Waals surface area (Å²) in [6.45, 7) is 1.79. The van der Waals surface area contributed by atoms with Crippen LogP contribution in [0.5, 0.6) is 0 Å². The van der Waals surface area contributed by atoms with Crippen LogP contribution in [0, 0.1) is 11.3 Å². The normalized spacial score (nSPS) is 11.6. The number of amides is 1. The third kappa shape index (κ3) is 3.08. The molecule has 0 aliphatic carbocycles. The SMILES string of the molecule is CC(CC#N)N(C)C(=O)c1cc(N)cnc1Cl. The molecule has 0 aliphatic rings. The molecule has 5 nitrogen and oxygen atoms in total. The Hall–Kier alpha value is -1.80. The smallest absolute Gasteiger partial charge is 0.257 e. The van der Waals surface area contributed by atoms with E-state index in [1.54, 1.807) is 14.0 Å². The van der Waals surface area contributed by atoms with E-state index in [9.17, 15) is 4.79 Å². The van der Waals surface area contributed by atoms with Crippen LogP contribution < -0.4 is 5.73 Å². The van der Waals surface area contributed by atoms with Crippen molar-refractivity contribution in [3.8, 4) is 6.07 Å². The van der Waals surface area contributed by atoms with Gasteiger partial charge in [0.05, 0.1) is 29.9 Å². The number of carbonyl (C=O) groups is 1. The quantitative estimate of drug-likeness (QED) is 0.830. The van der Waals surface area contributed by atoms with E-state index in [1.165, 1.54) is 17.2 Å². The van der Waals surface area contributed by atoms with E-state index < -0.39 is 0 Å². The third-order valence-electron chi connectivity index (χ3n) is 2.46. The number of rotatable bonds is 3. The second-order valence-electron chi connectivity index (χ2n) is 3.73. The first kappa shape index (κ1) is 13.3. The van der Waals surface area contributed by atoms with E-state index in [1.807, 2.05) is 6.07 Å². The van der Waals surface area contributed by atoms with Crippen LogP contribution >= 0.6 is 11.6 Å². The van der Waals surface area contributed by atoms with Crippen LogP contribution in [0.4, 0.5) is 5.69 Å². The molecule has 0 aromatic carbocycles. The lowest BCUT2D eigenvalue weighted by atomic mass is 10.2. The van der Waals surface area contributed by atoms with Crippen LogP contribution in [0.2, 0.25) is 5.15 Å². The second kappa shape index (κ2) is 5.51. The van der Waals surface area contributed by atoms with E-state index in [4.69, 9.17) is 22.6 Å². The summed E-state index contributed by atoms with van der Waals surface area (Å²) < 4.78 is 0. The Morgan fingerprint density at radius 2 is 2.41 bits per heavy atom. The highest BCUT2D eigenvalue weighted by molar-refractivity contribution is 6.32. The molecule has 1 aromatic rings. The predicted octanol–water partition coefficient (Wildman–Crippen LogP) is 1.69. The average molecular weight is 253 g/mol. The monoisotopic (exact) mass is 252 g/mol. The van der Waals surface area contributed by atoms with Crippen molar-refractivity contribution in [2.75, 3.05) is 12.8 Å². The lowest BCUT2D eigenvalue weighted by molar-refractivity contribution is 0.0746. The van der Waals surface area contributed by atoms with Crippen molar-refractivity contribution >= 4 is 23.2 Å². The molecule has 1 heterocycles. The number of hydrogen-bond acceptors (Lipinski definition) is 4. The molecule has 17 heavy (non-hydrogen) atoms. The van der Waals surface area contributed by atoms with E-state index in [-0.39, 0.29) is 29.1 Å². The Kier molecular flexibility index (Phi) is 4.30. The molecule has 0 bridgehead atoms. The lowest BCUT2D eigenvalue weighted by Gasteiger charge is -2.23. The molecule has 0 spiro atoms. The zero-order valence-corrected chi connectivity index (χ0v) is 10.4. The van der Waals surface area contributed by atoms with Gasteiger partial charge in [0, 0.05) is 13.1 Å². The maximum Gasteiger partial charge on any atom is 0.257 e. The van der Waals surface area contributed by atoms with Gasteiger partial charge in [0.1, 0.15) is 5.15 Å². The van der Waals surface area contributed by atoms with Crippen molar-refractivity contribution in [3.63, 3.8) is 0 Å². The molecule has 0 radical (unpaired) electrons. The molecule has 0 aliphatic heterocycles. The topological polar surface area (TPSA) is 83.0 Å². The average Bonchev–Trinajstić information content (AvgIpc) is 2.30. The van der Waals surface area contributed by atoms with Crippen molar-refractivity contribution in [1.82, 2.24) is 9.88 Å². The molecule has 0 saturated carbocycles. The fourth-order valence-electron chi connectivity index (χ4n) is 1.27. The van der Waals surface area contributed by atoms with Crippen LogP contribution in [-0.2, 0) is 0 Å². The van der Waals surface area contributed by atoms with Gasteiger partial charge in [0.15, 0.2) is 0 Å². The molecule has 1 rings (SSSR count). The molecule has 6 heteroatoms. The van der Waals surface area contributed by atoms with Gasteiger partial charge < -0.3 is 10.6 Å². The Labute approximate surface area is 105 Å². The number of carbonyl (C=O) groups excluding carboxylic acids is 1. The van der Waals surface area contributed by atoms with Crippen LogP contribution in [0.25, 0.3) is 0 Å². The van der Waals surface area contributed by atoms with Crippen LogP contribution in [0.1, 0.15) is 23.7 Å². The molecule has 0 fully saturated rings. The maximum absolute atomic E-state index is 12.1. The Balaban J connectivity index is 2.96. The number of anilines is 1. The number of halogens is 1. The van der Waals surface area contributed by atoms with Crippen molar-refractivity contribution in [3.05, 3.63) is 23.0 Å². The summed E-state index contributed by atoms with van der Waals surface area (Å²) in [5.74, 6) is -0.294. The third-order valence-corrected chi connectivity index (χ3v) is 2.76. The number of nitrogens with two attached hydrogens (primary N) is 1. The number of hydrogen-bond donors (Lipinski definition) is 1. The van der Waals surface area contributed by atoms with Gasteiger partial charge in [-0.05, 0) is 13.0 Å². The molecule has 2 N–H and O–H groups in total. The van der Waals surface area contributed by atoms with Gasteiger partial charge >= 0.3 is 0 Å². The first-order chi connectivity index (χ1) is 7.97. The molecule has 1 amide bonds. The van der Waals surface area contributed by atoms with Crippen molar-refractivity contribution in [2.45, 2.75) is 19.4 Å².